The summed E-state index contributed by atoms with van der Waals surface area (Å²) < 4.78 is 1.52. The van der Waals surface area contributed by atoms with Crippen molar-refractivity contribution >= 4 is 16.6 Å². The van der Waals surface area contributed by atoms with Crippen molar-refractivity contribution in [2.24, 2.45) is 0 Å². The summed E-state index contributed by atoms with van der Waals surface area (Å²) in [7, 11) is 0. The third-order valence-corrected chi connectivity index (χ3v) is 3.20. The molecule has 0 bridgehead atoms. The predicted octanol–water partition coefficient (Wildman–Crippen LogP) is 2.10. The quantitative estimate of drug-likeness (QED) is 0.639. The average Bonchev–Trinajstić information content (AvgIpc) is 2.58. The van der Waals surface area contributed by atoms with Crippen LogP contribution in [0.4, 0.5) is 0 Å². The molecular weight excluding hydrogens is 214 g/mol. The highest BCUT2D eigenvalue weighted by Crippen LogP contribution is 2.15. The van der Waals surface area contributed by atoms with Crippen LogP contribution < -0.4 is 5.56 Å². The number of aromatic amines is 1. The molecule has 0 aliphatic carbocycles. The molecule has 3 rings (SSSR count). The number of aromatic nitrogens is 3. The fourth-order valence-corrected chi connectivity index (χ4v) is 2.07. The van der Waals surface area contributed by atoms with Gasteiger partial charge in [0.1, 0.15) is 0 Å². The number of aryl methyl sites for hydroxylation is 3. The van der Waals surface area contributed by atoms with Crippen LogP contribution >= 0.6 is 0 Å². The van der Waals surface area contributed by atoms with E-state index in [4.69, 9.17) is 0 Å². The Morgan fingerprint density at radius 1 is 1.24 bits per heavy atom. The number of nitrogens with one attached hydrogen (secondary N) is 1. The molecule has 2 heterocycles. The topological polar surface area (TPSA) is 50.2 Å². The van der Waals surface area contributed by atoms with Gasteiger partial charge in [-0.3, -0.25) is 9.89 Å². The standard InChI is InChI=1S/C13H13N3O/c1-7-4-5-11-10(6-7)13(17)16-12(14-11)8(2)9(3)15-16/h4-6,15H,1-3H3. The fraction of sp³-hybridized carbons (Fsp3) is 0.231. The van der Waals surface area contributed by atoms with Crippen molar-refractivity contribution in [2.75, 3.05) is 0 Å². The molecule has 3 aromatic rings. The number of hydrogen-bond donors (Lipinski definition) is 1. The molecule has 0 atom stereocenters. The van der Waals surface area contributed by atoms with Crippen molar-refractivity contribution < 1.29 is 0 Å². The molecule has 0 radical (unpaired) electrons. The molecule has 0 spiro atoms. The lowest BCUT2D eigenvalue weighted by molar-refractivity contribution is 0.894. The summed E-state index contributed by atoms with van der Waals surface area (Å²) in [5.41, 5.74) is 4.49. The summed E-state index contributed by atoms with van der Waals surface area (Å²) in [6, 6.07) is 5.75. The Labute approximate surface area is 97.9 Å². The average molecular weight is 227 g/mol. The zero-order valence-corrected chi connectivity index (χ0v) is 10.0. The third kappa shape index (κ3) is 1.30. The molecule has 17 heavy (non-hydrogen) atoms. The van der Waals surface area contributed by atoms with Gasteiger partial charge in [-0.2, -0.15) is 0 Å². The Bertz CT molecular complexity index is 796. The normalized spacial score (nSPS) is 11.5. The van der Waals surface area contributed by atoms with Crippen LogP contribution in [0.25, 0.3) is 16.6 Å². The number of H-pyrrole nitrogens is 1. The summed E-state index contributed by atoms with van der Waals surface area (Å²) in [6.45, 7) is 5.88. The largest absolute Gasteiger partial charge is 0.294 e. The van der Waals surface area contributed by atoms with Crippen LogP contribution in [0.3, 0.4) is 0 Å². The van der Waals surface area contributed by atoms with Crippen LogP contribution in [0.2, 0.25) is 0 Å². The summed E-state index contributed by atoms with van der Waals surface area (Å²) >= 11 is 0. The number of rotatable bonds is 0. The number of fused-ring (bicyclic) bond motifs is 2. The molecule has 1 aromatic carbocycles. The van der Waals surface area contributed by atoms with E-state index in [2.05, 4.69) is 10.1 Å². The highest BCUT2D eigenvalue weighted by molar-refractivity contribution is 5.80. The molecule has 2 aromatic heterocycles. The predicted molar refractivity (Wildman–Crippen MR) is 67.5 cm³/mol. The maximum Gasteiger partial charge on any atom is 0.280 e. The summed E-state index contributed by atoms with van der Waals surface area (Å²) in [6.07, 6.45) is 0. The summed E-state index contributed by atoms with van der Waals surface area (Å²) in [5, 5.41) is 3.70. The minimum Gasteiger partial charge on any atom is -0.294 e. The van der Waals surface area contributed by atoms with Crippen LogP contribution in [0.5, 0.6) is 0 Å². The van der Waals surface area contributed by atoms with Crippen LogP contribution in [0, 0.1) is 20.8 Å². The lowest BCUT2D eigenvalue weighted by Gasteiger charge is -2.00. The fourth-order valence-electron chi connectivity index (χ4n) is 2.07. The minimum absolute atomic E-state index is 0.0371. The van der Waals surface area contributed by atoms with Crippen molar-refractivity contribution in [3.8, 4) is 0 Å². The zero-order valence-electron chi connectivity index (χ0n) is 10.0. The van der Waals surface area contributed by atoms with Crippen molar-refractivity contribution in [1.82, 2.24) is 14.6 Å². The Balaban J connectivity index is 2.62. The van der Waals surface area contributed by atoms with E-state index in [1.807, 2.05) is 39.0 Å². The van der Waals surface area contributed by atoms with Gasteiger partial charge in [0, 0.05) is 11.3 Å². The van der Waals surface area contributed by atoms with Gasteiger partial charge in [0.15, 0.2) is 5.65 Å². The van der Waals surface area contributed by atoms with E-state index in [1.165, 1.54) is 4.52 Å². The van der Waals surface area contributed by atoms with Crippen molar-refractivity contribution in [3.05, 3.63) is 45.4 Å². The molecule has 0 fully saturated rings. The molecule has 1 N–H and O–H groups in total. The number of hydrogen-bond acceptors (Lipinski definition) is 2. The second kappa shape index (κ2) is 3.20. The van der Waals surface area contributed by atoms with E-state index < -0.39 is 0 Å². The Hall–Kier alpha value is -2.10. The van der Waals surface area contributed by atoms with Crippen LogP contribution in [0.1, 0.15) is 16.8 Å². The molecule has 0 saturated heterocycles. The van der Waals surface area contributed by atoms with Gasteiger partial charge >= 0.3 is 0 Å². The smallest absolute Gasteiger partial charge is 0.280 e. The van der Waals surface area contributed by atoms with E-state index in [1.54, 1.807) is 0 Å². The highest BCUT2D eigenvalue weighted by Gasteiger charge is 2.10. The van der Waals surface area contributed by atoms with Gasteiger partial charge in [-0.1, -0.05) is 11.6 Å². The maximum atomic E-state index is 12.3. The monoisotopic (exact) mass is 227 g/mol. The molecule has 0 unspecified atom stereocenters. The molecule has 4 nitrogen and oxygen atoms in total. The molecule has 0 aliphatic heterocycles. The van der Waals surface area contributed by atoms with Gasteiger partial charge in [0.05, 0.1) is 10.9 Å². The van der Waals surface area contributed by atoms with Gasteiger partial charge < -0.3 is 0 Å². The van der Waals surface area contributed by atoms with Crippen LogP contribution in [0.15, 0.2) is 23.0 Å². The van der Waals surface area contributed by atoms with Gasteiger partial charge in [0.25, 0.3) is 5.56 Å². The molecule has 86 valence electrons. The van der Waals surface area contributed by atoms with Gasteiger partial charge in [0.2, 0.25) is 0 Å². The van der Waals surface area contributed by atoms with Crippen molar-refractivity contribution in [2.45, 2.75) is 20.8 Å². The lowest BCUT2D eigenvalue weighted by atomic mass is 10.1. The third-order valence-electron chi connectivity index (χ3n) is 3.20. The SMILES string of the molecule is Cc1ccc2nc3c(C)c(C)[nH]n3c(=O)c2c1. The zero-order chi connectivity index (χ0) is 12.2. The summed E-state index contributed by atoms with van der Waals surface area (Å²) in [5.74, 6) is 0. The van der Waals surface area contributed by atoms with Crippen LogP contribution in [-0.4, -0.2) is 14.6 Å². The first kappa shape index (κ1) is 10.1. The van der Waals surface area contributed by atoms with E-state index >= 15 is 0 Å². The van der Waals surface area contributed by atoms with Gasteiger partial charge in [-0.05, 0) is 32.9 Å². The van der Waals surface area contributed by atoms with Crippen molar-refractivity contribution in [3.63, 3.8) is 0 Å². The second-order valence-corrected chi connectivity index (χ2v) is 4.46. The van der Waals surface area contributed by atoms with Crippen LogP contribution in [-0.2, 0) is 0 Å². The van der Waals surface area contributed by atoms with E-state index in [-0.39, 0.29) is 5.56 Å². The number of nitrogens with zero attached hydrogens (tertiary/aromatic N) is 2. The first-order valence-corrected chi connectivity index (χ1v) is 5.56. The first-order valence-electron chi connectivity index (χ1n) is 5.56. The van der Waals surface area contributed by atoms with E-state index in [0.717, 1.165) is 22.3 Å². The highest BCUT2D eigenvalue weighted by atomic mass is 16.1. The molecule has 0 amide bonds. The van der Waals surface area contributed by atoms with Gasteiger partial charge in [-0.15, -0.1) is 0 Å². The molecule has 0 aliphatic rings. The Kier molecular flexibility index (Phi) is 1.90. The molecule has 0 saturated carbocycles. The lowest BCUT2D eigenvalue weighted by Crippen LogP contribution is -2.15. The molecule has 4 heteroatoms. The van der Waals surface area contributed by atoms with Gasteiger partial charge in [-0.25, -0.2) is 9.50 Å². The Morgan fingerprint density at radius 3 is 2.76 bits per heavy atom. The Morgan fingerprint density at radius 2 is 2.00 bits per heavy atom. The van der Waals surface area contributed by atoms with E-state index in [9.17, 15) is 4.79 Å². The number of benzene rings is 1. The second-order valence-electron chi connectivity index (χ2n) is 4.46. The summed E-state index contributed by atoms with van der Waals surface area (Å²) in [4.78, 5) is 16.8. The maximum absolute atomic E-state index is 12.3. The molecular formula is C13H13N3O. The first-order chi connectivity index (χ1) is 8.08. The minimum atomic E-state index is -0.0371. The van der Waals surface area contributed by atoms with Crippen molar-refractivity contribution in [1.29, 1.82) is 0 Å². The van der Waals surface area contributed by atoms with E-state index in [0.29, 0.717) is 11.0 Å².